The predicted octanol–water partition coefficient (Wildman–Crippen LogP) is 2.72. The molecule has 0 aliphatic heterocycles. The molecular weight excluding hydrogens is 262 g/mol. The van der Waals surface area contributed by atoms with E-state index in [4.69, 9.17) is 5.11 Å². The second-order valence-corrected chi connectivity index (χ2v) is 5.32. The number of fused-ring (bicyclic) bond motifs is 1. The first-order valence-electron chi connectivity index (χ1n) is 6.30. The molecule has 0 aliphatic rings. The molecule has 19 heavy (non-hydrogen) atoms. The minimum absolute atomic E-state index is 0.0223. The molecule has 0 aromatic carbocycles. The lowest BCUT2D eigenvalue weighted by atomic mass is 10.3. The van der Waals surface area contributed by atoms with Crippen LogP contribution in [0.2, 0.25) is 0 Å². The van der Waals surface area contributed by atoms with Crippen LogP contribution >= 0.6 is 11.8 Å². The summed E-state index contributed by atoms with van der Waals surface area (Å²) in [6, 6.07) is 1.92. The molecule has 0 bridgehead atoms. The highest BCUT2D eigenvalue weighted by Gasteiger charge is 2.14. The zero-order chi connectivity index (χ0) is 13.8. The molecule has 2 heterocycles. The number of carboxylic acids is 1. The number of thioether (sulfide) groups is 1. The van der Waals surface area contributed by atoms with Crippen LogP contribution in [0.25, 0.3) is 11.2 Å². The van der Waals surface area contributed by atoms with Crippen molar-refractivity contribution in [3.05, 3.63) is 17.8 Å². The number of imidazole rings is 1. The zero-order valence-corrected chi connectivity index (χ0v) is 11.9. The summed E-state index contributed by atoms with van der Waals surface area (Å²) in [5, 5.41) is 9.54. The Morgan fingerprint density at radius 1 is 1.53 bits per heavy atom. The number of rotatable bonds is 6. The zero-order valence-electron chi connectivity index (χ0n) is 11.1. The van der Waals surface area contributed by atoms with E-state index in [2.05, 4.69) is 16.9 Å². The van der Waals surface area contributed by atoms with Crippen molar-refractivity contribution in [2.75, 3.05) is 5.75 Å². The largest absolute Gasteiger partial charge is 0.481 e. The molecule has 0 amide bonds. The summed E-state index contributed by atoms with van der Waals surface area (Å²) in [5.74, 6) is -0.808. The summed E-state index contributed by atoms with van der Waals surface area (Å²) in [7, 11) is 0. The fourth-order valence-corrected chi connectivity index (χ4v) is 2.61. The van der Waals surface area contributed by atoms with Gasteiger partial charge in [-0.05, 0) is 25.0 Å². The van der Waals surface area contributed by atoms with Crippen LogP contribution in [0.15, 0.2) is 17.4 Å². The number of carboxylic acid groups (broad SMARTS) is 1. The smallest absolute Gasteiger partial charge is 0.313 e. The van der Waals surface area contributed by atoms with Gasteiger partial charge in [0, 0.05) is 12.7 Å². The van der Waals surface area contributed by atoms with Crippen molar-refractivity contribution in [3.8, 4) is 0 Å². The van der Waals surface area contributed by atoms with Crippen molar-refractivity contribution in [1.29, 1.82) is 0 Å². The minimum Gasteiger partial charge on any atom is -0.481 e. The second-order valence-electron chi connectivity index (χ2n) is 4.38. The number of aryl methyl sites for hydroxylation is 2. The third-order valence-electron chi connectivity index (χ3n) is 2.86. The standard InChI is InChI=1S/C13H17N3O2S/c1-3-4-7-16-12-11(9(2)5-6-14-12)15-13(16)19-8-10(17)18/h5-6H,3-4,7-8H2,1-2H3,(H,17,18). The molecule has 0 saturated heterocycles. The van der Waals surface area contributed by atoms with Crippen LogP contribution in [0.1, 0.15) is 25.3 Å². The maximum absolute atomic E-state index is 10.7. The van der Waals surface area contributed by atoms with E-state index in [0.717, 1.165) is 41.3 Å². The van der Waals surface area contributed by atoms with E-state index in [1.165, 1.54) is 11.8 Å². The third-order valence-corrected chi connectivity index (χ3v) is 3.82. The van der Waals surface area contributed by atoms with Crippen molar-refractivity contribution >= 4 is 28.9 Å². The molecule has 0 atom stereocenters. The maximum atomic E-state index is 10.7. The van der Waals surface area contributed by atoms with Gasteiger partial charge in [0.25, 0.3) is 0 Å². The average Bonchev–Trinajstić information content (AvgIpc) is 2.73. The summed E-state index contributed by atoms with van der Waals surface area (Å²) in [6.07, 6.45) is 3.88. The van der Waals surface area contributed by atoms with Gasteiger partial charge in [0.1, 0.15) is 5.52 Å². The molecule has 0 radical (unpaired) electrons. The average molecular weight is 279 g/mol. The van der Waals surface area contributed by atoms with Crippen LogP contribution in [0.5, 0.6) is 0 Å². The second kappa shape index (κ2) is 6.06. The van der Waals surface area contributed by atoms with Crippen molar-refractivity contribution in [1.82, 2.24) is 14.5 Å². The van der Waals surface area contributed by atoms with Crippen LogP contribution in [-0.2, 0) is 11.3 Å². The number of carbonyl (C=O) groups is 1. The Hall–Kier alpha value is -1.56. The van der Waals surface area contributed by atoms with Crippen LogP contribution < -0.4 is 0 Å². The Morgan fingerprint density at radius 2 is 2.32 bits per heavy atom. The first kappa shape index (κ1) is 13.9. The molecule has 2 aromatic rings. The molecule has 0 spiro atoms. The van der Waals surface area contributed by atoms with Gasteiger partial charge in [-0.3, -0.25) is 4.79 Å². The quantitative estimate of drug-likeness (QED) is 0.823. The highest BCUT2D eigenvalue weighted by atomic mass is 32.2. The molecule has 0 saturated carbocycles. The van der Waals surface area contributed by atoms with Crippen LogP contribution in [0, 0.1) is 6.92 Å². The number of hydrogen-bond acceptors (Lipinski definition) is 4. The van der Waals surface area contributed by atoms with Gasteiger partial charge in [0.05, 0.1) is 5.75 Å². The molecule has 2 rings (SSSR count). The maximum Gasteiger partial charge on any atom is 0.313 e. The highest BCUT2D eigenvalue weighted by Crippen LogP contribution is 2.25. The van der Waals surface area contributed by atoms with E-state index in [1.807, 2.05) is 17.6 Å². The number of aliphatic carboxylic acids is 1. The van der Waals surface area contributed by atoms with Gasteiger partial charge >= 0.3 is 5.97 Å². The Balaban J connectivity index is 2.41. The molecule has 2 aromatic heterocycles. The van der Waals surface area contributed by atoms with Crippen molar-refractivity contribution < 1.29 is 9.90 Å². The Morgan fingerprint density at radius 3 is 3.00 bits per heavy atom. The minimum atomic E-state index is -0.830. The molecular formula is C13H17N3O2S. The van der Waals surface area contributed by atoms with Crippen LogP contribution in [0.3, 0.4) is 0 Å². The lowest BCUT2D eigenvalue weighted by Gasteiger charge is -2.06. The van der Waals surface area contributed by atoms with Gasteiger partial charge in [-0.1, -0.05) is 25.1 Å². The van der Waals surface area contributed by atoms with E-state index >= 15 is 0 Å². The highest BCUT2D eigenvalue weighted by molar-refractivity contribution is 7.99. The van der Waals surface area contributed by atoms with Gasteiger partial charge < -0.3 is 9.67 Å². The Bertz CT molecular complexity index is 595. The molecule has 102 valence electrons. The van der Waals surface area contributed by atoms with Gasteiger partial charge in [-0.15, -0.1) is 0 Å². The number of hydrogen-bond donors (Lipinski definition) is 1. The van der Waals surface area contributed by atoms with Gasteiger partial charge in [-0.25, -0.2) is 9.97 Å². The monoisotopic (exact) mass is 279 g/mol. The Kier molecular flexibility index (Phi) is 4.42. The van der Waals surface area contributed by atoms with Crippen molar-refractivity contribution in [2.24, 2.45) is 0 Å². The van der Waals surface area contributed by atoms with E-state index in [9.17, 15) is 4.79 Å². The summed E-state index contributed by atoms with van der Waals surface area (Å²) >= 11 is 1.25. The van der Waals surface area contributed by atoms with Crippen LogP contribution in [0.4, 0.5) is 0 Å². The van der Waals surface area contributed by atoms with E-state index < -0.39 is 5.97 Å². The summed E-state index contributed by atoms with van der Waals surface area (Å²) in [4.78, 5) is 19.6. The van der Waals surface area contributed by atoms with E-state index in [0.29, 0.717) is 0 Å². The first-order valence-corrected chi connectivity index (χ1v) is 7.28. The number of aromatic nitrogens is 3. The van der Waals surface area contributed by atoms with Gasteiger partial charge in [0.15, 0.2) is 10.8 Å². The molecule has 1 N–H and O–H groups in total. The molecule has 0 unspecified atom stereocenters. The summed E-state index contributed by atoms with van der Waals surface area (Å²) < 4.78 is 2.03. The van der Waals surface area contributed by atoms with E-state index in [1.54, 1.807) is 6.20 Å². The predicted molar refractivity (Wildman–Crippen MR) is 75.5 cm³/mol. The molecule has 6 heteroatoms. The van der Waals surface area contributed by atoms with Gasteiger partial charge in [-0.2, -0.15) is 0 Å². The van der Waals surface area contributed by atoms with Crippen LogP contribution in [-0.4, -0.2) is 31.4 Å². The summed E-state index contributed by atoms with van der Waals surface area (Å²) in [6.45, 7) is 4.94. The lowest BCUT2D eigenvalue weighted by molar-refractivity contribution is -0.133. The van der Waals surface area contributed by atoms with Gasteiger partial charge in [0.2, 0.25) is 0 Å². The third kappa shape index (κ3) is 3.07. The fraction of sp³-hybridized carbons (Fsp3) is 0.462. The number of unbranched alkanes of at least 4 members (excludes halogenated alkanes) is 1. The Labute approximate surface area is 116 Å². The normalized spacial score (nSPS) is 11.1. The number of nitrogens with zero attached hydrogens (tertiary/aromatic N) is 3. The topological polar surface area (TPSA) is 68.0 Å². The SMILES string of the molecule is CCCCn1c(SCC(=O)O)nc2c(C)ccnc21. The fourth-order valence-electron chi connectivity index (χ4n) is 1.87. The lowest BCUT2D eigenvalue weighted by Crippen LogP contribution is -2.04. The molecule has 0 fully saturated rings. The van der Waals surface area contributed by atoms with Crippen molar-refractivity contribution in [2.45, 2.75) is 38.4 Å². The number of pyridine rings is 1. The summed E-state index contributed by atoms with van der Waals surface area (Å²) in [5.41, 5.74) is 2.78. The molecule has 5 nitrogen and oxygen atoms in total. The first-order chi connectivity index (χ1) is 9.13. The van der Waals surface area contributed by atoms with E-state index in [-0.39, 0.29) is 5.75 Å². The molecule has 0 aliphatic carbocycles. The van der Waals surface area contributed by atoms with Crippen molar-refractivity contribution in [3.63, 3.8) is 0 Å².